The number of amides is 1. The summed E-state index contributed by atoms with van der Waals surface area (Å²) in [5.74, 6) is 5.67. The van der Waals surface area contributed by atoms with Gasteiger partial charge >= 0.3 is 6.18 Å². The maximum atomic E-state index is 12.7. The fourth-order valence-corrected chi connectivity index (χ4v) is 2.35. The van der Waals surface area contributed by atoms with Gasteiger partial charge in [-0.25, -0.2) is 0 Å². The van der Waals surface area contributed by atoms with E-state index in [4.69, 9.17) is 4.52 Å². The van der Waals surface area contributed by atoms with Gasteiger partial charge in [0.1, 0.15) is 0 Å². The molecule has 148 valence electrons. The molecule has 0 aliphatic carbocycles. The Kier molecular flexibility index (Phi) is 6.24. The van der Waals surface area contributed by atoms with Crippen LogP contribution in [0.1, 0.15) is 23.4 Å². The van der Waals surface area contributed by atoms with E-state index in [1.54, 1.807) is 24.5 Å². The summed E-state index contributed by atoms with van der Waals surface area (Å²) in [4.78, 5) is 20.0. The molecule has 9 heteroatoms. The second-order valence-electron chi connectivity index (χ2n) is 5.90. The zero-order valence-electron chi connectivity index (χ0n) is 15.0. The Bertz CT molecular complexity index is 1040. The number of halogens is 3. The van der Waals surface area contributed by atoms with Crippen molar-refractivity contribution in [2.75, 3.05) is 6.54 Å². The van der Waals surface area contributed by atoms with Crippen molar-refractivity contribution in [2.45, 2.75) is 19.0 Å². The molecule has 0 unspecified atom stereocenters. The molecule has 0 atom stereocenters. The predicted molar refractivity (Wildman–Crippen MR) is 97.2 cm³/mol. The van der Waals surface area contributed by atoms with Crippen LogP contribution in [-0.4, -0.2) is 27.6 Å². The number of carbonyl (C=O) groups excluding carboxylic acids is 1. The molecule has 0 aliphatic rings. The van der Waals surface area contributed by atoms with Gasteiger partial charge in [0.25, 0.3) is 0 Å². The van der Waals surface area contributed by atoms with Crippen LogP contribution < -0.4 is 5.32 Å². The molecule has 0 fully saturated rings. The fourth-order valence-electron chi connectivity index (χ4n) is 2.35. The van der Waals surface area contributed by atoms with Crippen molar-refractivity contribution >= 4 is 5.91 Å². The maximum absolute atomic E-state index is 12.7. The second kappa shape index (κ2) is 9.01. The van der Waals surface area contributed by atoms with Crippen LogP contribution in [0.25, 0.3) is 11.4 Å². The summed E-state index contributed by atoms with van der Waals surface area (Å²) in [6, 6.07) is 8.18. The lowest BCUT2D eigenvalue weighted by Crippen LogP contribution is -2.23. The normalized spacial score (nSPS) is 10.9. The number of carbonyl (C=O) groups is 1. The first-order valence-corrected chi connectivity index (χ1v) is 8.57. The molecule has 0 radical (unpaired) electrons. The number of hydrogen-bond acceptors (Lipinski definition) is 5. The van der Waals surface area contributed by atoms with Crippen molar-refractivity contribution in [3.63, 3.8) is 0 Å². The molecule has 3 rings (SSSR count). The van der Waals surface area contributed by atoms with Crippen LogP contribution in [0.5, 0.6) is 0 Å². The molecule has 0 saturated heterocycles. The smallest absolute Gasteiger partial charge is 0.345 e. The first-order chi connectivity index (χ1) is 13.9. The monoisotopic (exact) mass is 400 g/mol. The van der Waals surface area contributed by atoms with Crippen molar-refractivity contribution < 1.29 is 22.5 Å². The molecule has 1 aromatic carbocycles. The number of benzene rings is 1. The molecular formula is C20H15F3N4O2. The van der Waals surface area contributed by atoms with Gasteiger partial charge in [-0.1, -0.05) is 23.1 Å². The van der Waals surface area contributed by atoms with Crippen molar-refractivity contribution in [1.29, 1.82) is 0 Å². The Labute approximate surface area is 164 Å². The van der Waals surface area contributed by atoms with Crippen LogP contribution in [-0.2, 0) is 17.4 Å². The van der Waals surface area contributed by atoms with Gasteiger partial charge in [0, 0.05) is 36.4 Å². The summed E-state index contributed by atoms with van der Waals surface area (Å²) in [5.41, 5.74) is 0.215. The summed E-state index contributed by atoms with van der Waals surface area (Å²) < 4.78 is 43.1. The Hall–Kier alpha value is -3.67. The SMILES string of the molecule is O=C(CCc1nc(-c2ccncc2)no1)NCC#Cc1cccc(C(F)(F)F)c1. The molecule has 0 spiro atoms. The zero-order chi connectivity index (χ0) is 20.7. The van der Waals surface area contributed by atoms with Gasteiger partial charge < -0.3 is 9.84 Å². The van der Waals surface area contributed by atoms with E-state index in [0.29, 0.717) is 11.7 Å². The molecule has 2 aromatic heterocycles. The summed E-state index contributed by atoms with van der Waals surface area (Å²) in [5, 5.41) is 6.42. The minimum atomic E-state index is -4.42. The first-order valence-electron chi connectivity index (χ1n) is 8.57. The molecule has 1 N–H and O–H groups in total. The average molecular weight is 400 g/mol. The van der Waals surface area contributed by atoms with Gasteiger partial charge in [-0.3, -0.25) is 9.78 Å². The van der Waals surface area contributed by atoms with Gasteiger partial charge in [-0.15, -0.1) is 0 Å². The molecular weight excluding hydrogens is 385 g/mol. The lowest BCUT2D eigenvalue weighted by atomic mass is 10.1. The highest BCUT2D eigenvalue weighted by atomic mass is 19.4. The number of aromatic nitrogens is 3. The Balaban J connectivity index is 1.46. The highest BCUT2D eigenvalue weighted by molar-refractivity contribution is 5.76. The number of pyridine rings is 1. The highest BCUT2D eigenvalue weighted by Crippen LogP contribution is 2.29. The molecule has 0 aliphatic heterocycles. The van der Waals surface area contributed by atoms with Gasteiger partial charge in [0.05, 0.1) is 12.1 Å². The number of aryl methyl sites for hydroxylation is 1. The average Bonchev–Trinajstić information content (AvgIpc) is 3.19. The van der Waals surface area contributed by atoms with Crippen molar-refractivity contribution in [3.05, 3.63) is 65.8 Å². The summed E-state index contributed by atoms with van der Waals surface area (Å²) in [6.07, 6.45) is -0.829. The van der Waals surface area contributed by atoms with Gasteiger partial charge in [0.15, 0.2) is 0 Å². The van der Waals surface area contributed by atoms with Crippen LogP contribution in [0.2, 0.25) is 0 Å². The van der Waals surface area contributed by atoms with E-state index < -0.39 is 11.7 Å². The van der Waals surface area contributed by atoms with E-state index in [-0.39, 0.29) is 30.9 Å². The Morgan fingerprint density at radius 3 is 2.72 bits per heavy atom. The van der Waals surface area contributed by atoms with Crippen molar-refractivity contribution in [2.24, 2.45) is 0 Å². The maximum Gasteiger partial charge on any atom is 0.416 e. The second-order valence-corrected chi connectivity index (χ2v) is 5.90. The van der Waals surface area contributed by atoms with Crippen molar-refractivity contribution in [1.82, 2.24) is 20.4 Å². The largest absolute Gasteiger partial charge is 0.416 e. The standard InChI is InChI=1S/C20H15F3N4O2/c21-20(22,23)16-5-1-3-14(13-16)4-2-10-25-17(28)6-7-18-26-19(27-29-18)15-8-11-24-12-9-15/h1,3,5,8-9,11-13H,6-7,10H2,(H,25,28). The van der Waals surface area contributed by atoms with Crippen LogP contribution in [0.3, 0.4) is 0 Å². The van der Waals surface area contributed by atoms with Crippen LogP contribution in [0.4, 0.5) is 13.2 Å². The number of nitrogens with one attached hydrogen (secondary N) is 1. The van der Waals surface area contributed by atoms with E-state index in [9.17, 15) is 18.0 Å². The highest BCUT2D eigenvalue weighted by Gasteiger charge is 2.30. The minimum absolute atomic E-state index is 0.0151. The Morgan fingerprint density at radius 2 is 1.97 bits per heavy atom. The molecule has 0 bridgehead atoms. The number of rotatable bonds is 5. The van der Waals surface area contributed by atoms with Gasteiger partial charge in [-0.05, 0) is 30.3 Å². The third-order valence-corrected chi connectivity index (χ3v) is 3.77. The lowest BCUT2D eigenvalue weighted by Gasteiger charge is -2.05. The van der Waals surface area contributed by atoms with E-state index >= 15 is 0 Å². The van der Waals surface area contributed by atoms with Crippen LogP contribution in [0.15, 0.2) is 53.3 Å². The third-order valence-electron chi connectivity index (χ3n) is 3.77. The fraction of sp³-hybridized carbons (Fsp3) is 0.200. The first kappa shape index (κ1) is 20.1. The Morgan fingerprint density at radius 1 is 1.17 bits per heavy atom. The van der Waals surface area contributed by atoms with Gasteiger partial charge in [0.2, 0.25) is 17.6 Å². The zero-order valence-corrected chi connectivity index (χ0v) is 15.0. The predicted octanol–water partition coefficient (Wildman–Crippen LogP) is 3.25. The minimum Gasteiger partial charge on any atom is -0.345 e. The van der Waals surface area contributed by atoms with E-state index in [2.05, 4.69) is 32.3 Å². The topological polar surface area (TPSA) is 80.9 Å². The lowest BCUT2D eigenvalue weighted by molar-refractivity contribution is -0.137. The van der Waals surface area contributed by atoms with E-state index in [1.165, 1.54) is 12.1 Å². The summed E-state index contributed by atoms with van der Waals surface area (Å²) in [6.45, 7) is 0.0151. The third kappa shape index (κ3) is 5.90. The molecule has 3 aromatic rings. The quantitative estimate of drug-likeness (QED) is 0.665. The number of hydrogen-bond donors (Lipinski definition) is 1. The molecule has 6 nitrogen and oxygen atoms in total. The molecule has 29 heavy (non-hydrogen) atoms. The number of alkyl halides is 3. The van der Waals surface area contributed by atoms with Crippen LogP contribution >= 0.6 is 0 Å². The van der Waals surface area contributed by atoms with Gasteiger partial charge in [-0.2, -0.15) is 18.2 Å². The van der Waals surface area contributed by atoms with Crippen LogP contribution in [0, 0.1) is 11.8 Å². The molecule has 2 heterocycles. The van der Waals surface area contributed by atoms with E-state index in [1.807, 2.05) is 0 Å². The number of nitrogens with zero attached hydrogens (tertiary/aromatic N) is 3. The molecule has 1 amide bonds. The molecule has 0 saturated carbocycles. The summed E-state index contributed by atoms with van der Waals surface area (Å²) >= 11 is 0. The summed E-state index contributed by atoms with van der Waals surface area (Å²) in [7, 11) is 0. The van der Waals surface area contributed by atoms with E-state index in [0.717, 1.165) is 17.7 Å². The van der Waals surface area contributed by atoms with Crippen molar-refractivity contribution in [3.8, 4) is 23.2 Å².